The Hall–Kier alpha value is -3.66. The molecule has 158 valence electrons. The fourth-order valence-electron chi connectivity index (χ4n) is 2.65. The van der Waals surface area contributed by atoms with E-state index < -0.39 is 5.82 Å². The molecule has 0 N–H and O–H groups in total. The first-order chi connectivity index (χ1) is 15.3. The molecule has 2 heterocycles. The van der Waals surface area contributed by atoms with Crippen LogP contribution in [0.5, 0.6) is 23.3 Å². The Labute approximate surface area is 181 Å². The van der Waals surface area contributed by atoms with Crippen molar-refractivity contribution in [1.29, 1.82) is 0 Å². The van der Waals surface area contributed by atoms with Crippen LogP contribution in [0.2, 0.25) is 0 Å². The minimum Gasteiger partial charge on any atom is -0.436 e. The third-order valence-electron chi connectivity index (χ3n) is 3.98. The highest BCUT2D eigenvalue weighted by atomic mass is 32.2. The number of halogens is 1. The summed E-state index contributed by atoms with van der Waals surface area (Å²) in [5.74, 6) is 0.0771. The van der Waals surface area contributed by atoms with E-state index in [-0.39, 0.29) is 11.8 Å². The maximum Gasteiger partial charge on any atom is 0.263 e. The minimum absolute atomic E-state index is 0.250. The Kier molecular flexibility index (Phi) is 6.58. The summed E-state index contributed by atoms with van der Waals surface area (Å²) < 4.78 is 26.3. The zero-order valence-corrected chi connectivity index (χ0v) is 17.2. The highest BCUT2D eigenvalue weighted by molar-refractivity contribution is 8.15. The quantitative estimate of drug-likeness (QED) is 0.391. The van der Waals surface area contributed by atoms with E-state index in [0.29, 0.717) is 40.2 Å². The van der Waals surface area contributed by atoms with Gasteiger partial charge >= 0.3 is 0 Å². The smallest absolute Gasteiger partial charge is 0.263 e. The highest BCUT2D eigenvalue weighted by Crippen LogP contribution is 2.32. The van der Waals surface area contributed by atoms with Crippen LogP contribution < -0.4 is 9.47 Å². The Morgan fingerprint density at radius 3 is 2.52 bits per heavy atom. The molecule has 0 amide bonds. The molecule has 0 saturated heterocycles. The normalized spacial score (nSPS) is 13.7. The van der Waals surface area contributed by atoms with Crippen LogP contribution in [0.3, 0.4) is 0 Å². The van der Waals surface area contributed by atoms with Crippen molar-refractivity contribution in [2.45, 2.75) is 0 Å². The lowest BCUT2D eigenvalue weighted by atomic mass is 10.1. The number of thioether (sulfide) groups is 1. The van der Waals surface area contributed by atoms with Crippen LogP contribution in [-0.4, -0.2) is 40.2 Å². The molecule has 10 heteroatoms. The van der Waals surface area contributed by atoms with Crippen molar-refractivity contribution in [3.8, 4) is 23.3 Å². The monoisotopic (exact) mass is 440 g/mol. The molecule has 0 aliphatic carbocycles. The zero-order valence-electron chi connectivity index (χ0n) is 16.4. The molecule has 3 aromatic rings. The average Bonchev–Trinajstić information content (AvgIpc) is 2.82. The second kappa shape index (κ2) is 9.90. The first-order valence-electron chi connectivity index (χ1n) is 9.21. The molecule has 2 aromatic carbocycles. The summed E-state index contributed by atoms with van der Waals surface area (Å²) in [6, 6.07) is 15.7. The fourth-order valence-corrected chi connectivity index (χ4v) is 3.39. The molecule has 1 aliphatic heterocycles. The maximum atomic E-state index is 15.0. The molecule has 0 saturated carbocycles. The maximum absolute atomic E-state index is 15.0. The van der Waals surface area contributed by atoms with E-state index in [2.05, 4.69) is 20.3 Å². The van der Waals surface area contributed by atoms with E-state index in [4.69, 9.17) is 19.1 Å². The summed E-state index contributed by atoms with van der Waals surface area (Å²) in [5, 5.41) is 8.64. The predicted octanol–water partition coefficient (Wildman–Crippen LogP) is 4.63. The molecule has 0 radical (unpaired) electrons. The Morgan fingerprint density at radius 1 is 1.03 bits per heavy atom. The first-order valence-corrected chi connectivity index (χ1v) is 10.2. The highest BCUT2D eigenvalue weighted by Gasteiger charge is 2.23. The molecule has 1 aliphatic rings. The molecule has 4 rings (SSSR count). The summed E-state index contributed by atoms with van der Waals surface area (Å²) in [7, 11) is 1.43. The molecule has 0 unspecified atom stereocenters. The van der Waals surface area contributed by atoms with E-state index in [1.54, 1.807) is 48.5 Å². The van der Waals surface area contributed by atoms with Crippen molar-refractivity contribution in [1.82, 2.24) is 9.97 Å². The molecular weight excluding hydrogens is 423 g/mol. The van der Waals surface area contributed by atoms with Crippen molar-refractivity contribution in [2.75, 3.05) is 19.5 Å². The van der Waals surface area contributed by atoms with Gasteiger partial charge in [-0.25, -0.2) is 0 Å². The van der Waals surface area contributed by atoms with Gasteiger partial charge in [-0.3, -0.25) is 0 Å². The zero-order chi connectivity index (χ0) is 21.5. The van der Waals surface area contributed by atoms with Crippen LogP contribution in [-0.2, 0) is 9.68 Å². The van der Waals surface area contributed by atoms with Gasteiger partial charge in [0, 0.05) is 11.3 Å². The SMILES string of the molecule is CO/N=C(/C1=NOCCS1)c1ccccc1Oc1ncnc(Oc2ccccc2)c1F. The van der Waals surface area contributed by atoms with Crippen LogP contribution in [0.15, 0.2) is 71.2 Å². The van der Waals surface area contributed by atoms with Crippen molar-refractivity contribution >= 4 is 22.5 Å². The van der Waals surface area contributed by atoms with Crippen LogP contribution in [0, 0.1) is 5.82 Å². The Balaban J connectivity index is 1.66. The number of oxime groups is 2. The Morgan fingerprint density at radius 2 is 1.77 bits per heavy atom. The lowest BCUT2D eigenvalue weighted by Crippen LogP contribution is -2.19. The number of aromatic nitrogens is 2. The van der Waals surface area contributed by atoms with Gasteiger partial charge in [0.05, 0.1) is 0 Å². The number of rotatable bonds is 7. The van der Waals surface area contributed by atoms with Crippen LogP contribution in [0.1, 0.15) is 5.56 Å². The average molecular weight is 440 g/mol. The summed E-state index contributed by atoms with van der Waals surface area (Å²) in [6.45, 7) is 0.503. The molecule has 0 atom stereocenters. The standard InChI is InChI=1S/C21H17FN4O4S/c1-27-25-18(21-26-28-11-12-31-21)15-9-5-6-10-16(15)30-20-17(22)19(23-13-24-20)29-14-7-3-2-4-8-14/h2-10,13H,11-12H2,1H3/b25-18+. The van der Waals surface area contributed by atoms with E-state index in [1.165, 1.54) is 25.2 Å². The molecule has 0 fully saturated rings. The van der Waals surface area contributed by atoms with Crippen molar-refractivity contribution < 1.29 is 23.5 Å². The number of benzene rings is 2. The lowest BCUT2D eigenvalue weighted by molar-refractivity contribution is 0.160. The number of ether oxygens (including phenoxy) is 2. The molecular formula is C21H17FN4O4S. The van der Waals surface area contributed by atoms with E-state index >= 15 is 4.39 Å². The van der Waals surface area contributed by atoms with Gasteiger partial charge in [0.25, 0.3) is 11.8 Å². The van der Waals surface area contributed by atoms with Gasteiger partial charge in [-0.1, -0.05) is 52.4 Å². The van der Waals surface area contributed by atoms with E-state index in [9.17, 15) is 0 Å². The largest absolute Gasteiger partial charge is 0.436 e. The fraction of sp³-hybridized carbons (Fsp3) is 0.143. The van der Waals surface area contributed by atoms with Gasteiger partial charge in [0.2, 0.25) is 5.82 Å². The van der Waals surface area contributed by atoms with Crippen molar-refractivity contribution in [3.63, 3.8) is 0 Å². The molecule has 0 spiro atoms. The number of hydrogen-bond acceptors (Lipinski definition) is 9. The van der Waals surface area contributed by atoms with Gasteiger partial charge in [0.15, 0.2) is 5.04 Å². The second-order valence-corrected chi connectivity index (χ2v) is 7.10. The number of hydrogen-bond donors (Lipinski definition) is 0. The van der Waals surface area contributed by atoms with Crippen LogP contribution in [0.25, 0.3) is 0 Å². The lowest BCUT2D eigenvalue weighted by Gasteiger charge is -2.16. The van der Waals surface area contributed by atoms with Crippen LogP contribution >= 0.6 is 11.8 Å². The summed E-state index contributed by atoms with van der Waals surface area (Å²) in [5.41, 5.74) is 0.933. The summed E-state index contributed by atoms with van der Waals surface area (Å²) in [6.07, 6.45) is 1.17. The second-order valence-electron chi connectivity index (χ2n) is 6.01. The number of nitrogens with zero attached hydrogens (tertiary/aromatic N) is 4. The molecule has 0 bridgehead atoms. The first kappa shape index (κ1) is 20.6. The third-order valence-corrected chi connectivity index (χ3v) is 4.89. The van der Waals surface area contributed by atoms with Gasteiger partial charge in [-0.15, -0.1) is 0 Å². The van der Waals surface area contributed by atoms with E-state index in [0.717, 1.165) is 0 Å². The number of para-hydroxylation sites is 2. The van der Waals surface area contributed by atoms with Gasteiger partial charge in [-0.2, -0.15) is 14.4 Å². The van der Waals surface area contributed by atoms with Crippen LogP contribution in [0.4, 0.5) is 4.39 Å². The minimum atomic E-state index is -0.834. The predicted molar refractivity (Wildman–Crippen MR) is 114 cm³/mol. The molecule has 8 nitrogen and oxygen atoms in total. The summed E-state index contributed by atoms with van der Waals surface area (Å²) >= 11 is 1.47. The molecule has 31 heavy (non-hydrogen) atoms. The van der Waals surface area contributed by atoms with E-state index in [1.807, 2.05) is 6.07 Å². The van der Waals surface area contributed by atoms with Gasteiger partial charge < -0.3 is 19.1 Å². The topological polar surface area (TPSA) is 87.4 Å². The van der Waals surface area contributed by atoms with Gasteiger partial charge in [-0.05, 0) is 24.3 Å². The van der Waals surface area contributed by atoms with Crippen molar-refractivity contribution in [3.05, 3.63) is 72.3 Å². The third kappa shape index (κ3) is 4.92. The molecule has 1 aromatic heterocycles. The Bertz CT molecular complexity index is 1110. The summed E-state index contributed by atoms with van der Waals surface area (Å²) in [4.78, 5) is 17.9. The van der Waals surface area contributed by atoms with Crippen molar-refractivity contribution in [2.24, 2.45) is 10.3 Å². The van der Waals surface area contributed by atoms with Gasteiger partial charge in [0.1, 0.15) is 37.3 Å².